The van der Waals surface area contributed by atoms with Crippen molar-refractivity contribution in [2.24, 2.45) is 29.1 Å². The number of hydrogen-bond acceptors (Lipinski definition) is 2. The fraction of sp³-hybridized carbons (Fsp3) is 0.762. The molecule has 0 bridgehead atoms. The fourth-order valence-electron chi connectivity index (χ4n) is 7.15. The highest BCUT2D eigenvalue weighted by Crippen LogP contribution is 2.66. The van der Waals surface area contributed by atoms with Crippen LogP contribution in [0, 0.1) is 29.1 Å². The lowest BCUT2D eigenvalue weighted by Gasteiger charge is -2.56. The van der Waals surface area contributed by atoms with Crippen molar-refractivity contribution in [3.8, 4) is 0 Å². The molecule has 24 heavy (non-hydrogen) atoms. The molecule has 0 radical (unpaired) electrons. The molecule has 0 aromatic heterocycles. The third kappa shape index (κ3) is 2.22. The third-order valence-electron chi connectivity index (χ3n) is 8.18. The molecule has 0 spiro atoms. The minimum atomic E-state index is -0.724. The van der Waals surface area contributed by atoms with Crippen molar-refractivity contribution in [2.45, 2.75) is 70.3 Å². The molecular weight excluding hydrogens is 320 g/mol. The van der Waals surface area contributed by atoms with Crippen molar-refractivity contribution in [1.29, 1.82) is 0 Å². The zero-order chi connectivity index (χ0) is 16.9. The Hall–Kier alpha value is -0.600. The zero-order valence-corrected chi connectivity index (χ0v) is 15.4. The van der Waals surface area contributed by atoms with Crippen LogP contribution in [0.3, 0.4) is 0 Å². The second kappa shape index (κ2) is 5.99. The lowest BCUT2D eigenvalue weighted by atomic mass is 9.49. The van der Waals surface area contributed by atoms with Gasteiger partial charge in [-0.1, -0.05) is 24.1 Å². The molecule has 0 unspecified atom stereocenters. The van der Waals surface area contributed by atoms with Crippen LogP contribution in [0.2, 0.25) is 0 Å². The van der Waals surface area contributed by atoms with Gasteiger partial charge in [-0.15, -0.1) is 0 Å². The van der Waals surface area contributed by atoms with Crippen LogP contribution >= 0.6 is 11.6 Å². The number of carbonyl (C=O) groups is 1. The van der Waals surface area contributed by atoms with Gasteiger partial charge in [0.05, 0.1) is 5.60 Å². The van der Waals surface area contributed by atoms with Crippen LogP contribution in [0.15, 0.2) is 23.3 Å². The molecule has 0 heterocycles. The monoisotopic (exact) mass is 348 g/mol. The molecule has 4 rings (SSSR count). The van der Waals surface area contributed by atoms with Gasteiger partial charge >= 0.3 is 0 Å². The fourth-order valence-corrected chi connectivity index (χ4v) is 7.36. The van der Waals surface area contributed by atoms with Crippen LogP contribution in [-0.2, 0) is 4.79 Å². The smallest absolute Gasteiger partial charge is 0.155 e. The van der Waals surface area contributed by atoms with Gasteiger partial charge in [0, 0.05) is 17.4 Å². The number of carbonyl (C=O) groups excluding carboxylic acids is 1. The Morgan fingerprint density at radius 1 is 1.21 bits per heavy atom. The first-order chi connectivity index (χ1) is 11.5. The maximum atomic E-state index is 11.8. The minimum absolute atomic E-state index is 0.00522. The molecule has 0 saturated heterocycles. The summed E-state index contributed by atoms with van der Waals surface area (Å²) in [6.07, 6.45) is 13.2. The summed E-state index contributed by atoms with van der Waals surface area (Å²) < 4.78 is 0. The molecule has 0 aromatic carbocycles. The molecule has 4 aliphatic carbocycles. The highest BCUT2D eigenvalue weighted by Gasteiger charge is 2.62. The average molecular weight is 349 g/mol. The van der Waals surface area contributed by atoms with E-state index in [0.717, 1.165) is 50.9 Å². The van der Waals surface area contributed by atoms with Crippen LogP contribution in [0.4, 0.5) is 0 Å². The van der Waals surface area contributed by atoms with E-state index >= 15 is 0 Å². The maximum absolute atomic E-state index is 11.8. The Kier molecular flexibility index (Phi) is 4.20. The molecule has 6 atom stereocenters. The molecular formula is C21H29ClO2. The van der Waals surface area contributed by atoms with Crippen LogP contribution in [-0.4, -0.2) is 16.5 Å². The molecule has 1 N–H and O–H groups in total. The Bertz CT molecular complexity index is 595. The van der Waals surface area contributed by atoms with E-state index in [1.165, 1.54) is 23.9 Å². The number of halogens is 1. The van der Waals surface area contributed by atoms with E-state index in [-0.39, 0.29) is 5.41 Å². The number of ketones is 1. The number of allylic oxidation sites excluding steroid dienone is 1. The molecule has 3 saturated carbocycles. The first-order valence-electron chi connectivity index (χ1n) is 9.78. The van der Waals surface area contributed by atoms with E-state index in [0.29, 0.717) is 23.5 Å². The molecule has 0 aromatic rings. The topological polar surface area (TPSA) is 37.3 Å². The predicted molar refractivity (Wildman–Crippen MR) is 96.7 cm³/mol. The molecule has 3 heteroatoms. The van der Waals surface area contributed by atoms with E-state index in [9.17, 15) is 9.90 Å². The Labute approximate surface area is 150 Å². The summed E-state index contributed by atoms with van der Waals surface area (Å²) in [6.45, 7) is 2.25. The lowest BCUT2D eigenvalue weighted by Crippen LogP contribution is -2.53. The molecule has 3 fully saturated rings. The van der Waals surface area contributed by atoms with Gasteiger partial charge in [0.1, 0.15) is 0 Å². The highest BCUT2D eigenvalue weighted by atomic mass is 35.5. The van der Waals surface area contributed by atoms with Crippen molar-refractivity contribution in [3.05, 3.63) is 23.3 Å². The molecule has 132 valence electrons. The van der Waals surface area contributed by atoms with Gasteiger partial charge < -0.3 is 5.11 Å². The van der Waals surface area contributed by atoms with Crippen molar-refractivity contribution in [2.75, 3.05) is 0 Å². The Morgan fingerprint density at radius 3 is 2.79 bits per heavy atom. The number of aliphatic hydroxyl groups is 1. The van der Waals surface area contributed by atoms with E-state index in [1.807, 2.05) is 12.2 Å². The quantitative estimate of drug-likeness (QED) is 0.762. The first kappa shape index (κ1) is 16.8. The number of hydrogen-bond donors (Lipinski definition) is 1. The van der Waals surface area contributed by atoms with Gasteiger partial charge in [0.2, 0.25) is 0 Å². The van der Waals surface area contributed by atoms with Gasteiger partial charge in [-0.3, -0.25) is 4.79 Å². The summed E-state index contributed by atoms with van der Waals surface area (Å²) >= 11 is 5.88. The van der Waals surface area contributed by atoms with E-state index < -0.39 is 5.60 Å². The van der Waals surface area contributed by atoms with Gasteiger partial charge in [-0.05, 0) is 87.2 Å². The normalized spacial score (nSPS) is 48.0. The van der Waals surface area contributed by atoms with E-state index in [1.54, 1.807) is 0 Å². The van der Waals surface area contributed by atoms with E-state index in [4.69, 9.17) is 11.6 Å². The summed E-state index contributed by atoms with van der Waals surface area (Å²) in [6, 6.07) is 0. The summed E-state index contributed by atoms with van der Waals surface area (Å²) in [5.41, 5.74) is 2.24. The van der Waals surface area contributed by atoms with Crippen LogP contribution in [0.5, 0.6) is 0 Å². The van der Waals surface area contributed by atoms with Crippen LogP contribution in [0.1, 0.15) is 64.7 Å². The summed E-state index contributed by atoms with van der Waals surface area (Å²) in [7, 11) is 0. The van der Waals surface area contributed by atoms with Gasteiger partial charge in [-0.2, -0.15) is 0 Å². The van der Waals surface area contributed by atoms with Gasteiger partial charge in [-0.25, -0.2) is 0 Å². The van der Waals surface area contributed by atoms with Crippen molar-refractivity contribution < 1.29 is 9.90 Å². The Balaban J connectivity index is 1.66. The second-order valence-electron chi connectivity index (χ2n) is 8.61. The van der Waals surface area contributed by atoms with Crippen LogP contribution < -0.4 is 0 Å². The molecule has 2 nitrogen and oxygen atoms in total. The van der Waals surface area contributed by atoms with Gasteiger partial charge in [0.15, 0.2) is 5.78 Å². The maximum Gasteiger partial charge on any atom is 0.155 e. The van der Waals surface area contributed by atoms with Crippen molar-refractivity contribution >= 4 is 17.4 Å². The lowest BCUT2D eigenvalue weighted by molar-refractivity contribution is -0.117. The van der Waals surface area contributed by atoms with Crippen LogP contribution in [0.25, 0.3) is 0 Å². The van der Waals surface area contributed by atoms with Crippen molar-refractivity contribution in [1.82, 2.24) is 0 Å². The van der Waals surface area contributed by atoms with E-state index in [2.05, 4.69) is 6.92 Å². The largest absolute Gasteiger partial charge is 0.385 e. The predicted octanol–water partition coefficient (Wildman–Crippen LogP) is 5.00. The average Bonchev–Trinajstić information content (AvgIpc) is 2.88. The van der Waals surface area contributed by atoms with Crippen molar-refractivity contribution in [3.63, 3.8) is 0 Å². The number of rotatable bonds is 2. The molecule has 0 amide bonds. The SMILES string of the molecule is CC[C@]12CC[C@H]3[C@@H](CCC4=CC(=O)CC[C@@H]43)[C@@H]1CC[C@@]2(O)/C=C/Cl. The minimum Gasteiger partial charge on any atom is -0.385 e. The molecule has 4 aliphatic rings. The summed E-state index contributed by atoms with van der Waals surface area (Å²) in [5, 5.41) is 11.4. The molecule has 0 aliphatic heterocycles. The zero-order valence-electron chi connectivity index (χ0n) is 14.6. The Morgan fingerprint density at radius 2 is 2.04 bits per heavy atom. The third-order valence-corrected chi connectivity index (χ3v) is 8.30. The summed E-state index contributed by atoms with van der Waals surface area (Å²) in [4.78, 5) is 11.8. The highest BCUT2D eigenvalue weighted by molar-refractivity contribution is 6.25. The summed E-state index contributed by atoms with van der Waals surface area (Å²) in [5.74, 6) is 3.02. The number of fused-ring (bicyclic) bond motifs is 5. The van der Waals surface area contributed by atoms with Gasteiger partial charge in [0.25, 0.3) is 0 Å². The second-order valence-corrected chi connectivity index (χ2v) is 8.86. The standard InChI is InChI=1S/C21H29ClO2/c1-2-20-9-7-17-16-6-4-15(23)13-14(16)3-5-18(17)19(20)8-10-21(20,24)11-12-22/h11-13,16-19,24H,2-10H2,1H3/b12-11+/t16-,17+,18+,19-,20-,21+/m0/s1. The first-order valence-corrected chi connectivity index (χ1v) is 10.2.